The van der Waals surface area contributed by atoms with Crippen molar-refractivity contribution < 1.29 is 4.39 Å². The largest absolute Gasteiger partial charge is 0.385 e. The van der Waals surface area contributed by atoms with Crippen molar-refractivity contribution in [1.82, 2.24) is 0 Å². The molecule has 0 atom stereocenters. The highest BCUT2D eigenvalue weighted by molar-refractivity contribution is 5.55. The smallest absolute Gasteiger partial charge is 0.0945 e. The predicted octanol–water partition coefficient (Wildman–Crippen LogP) is 4.74. The van der Waals surface area contributed by atoms with Gasteiger partial charge in [0.25, 0.3) is 0 Å². The average Bonchev–Trinajstić information content (AvgIpc) is 2.32. The molecular weight excluding hydrogens is 213 g/mol. The van der Waals surface area contributed by atoms with E-state index in [0.717, 1.165) is 6.54 Å². The molecule has 0 spiro atoms. The van der Waals surface area contributed by atoms with Crippen molar-refractivity contribution in [3.8, 4) is 0 Å². The summed E-state index contributed by atoms with van der Waals surface area (Å²) < 4.78 is 11.0. The monoisotopic (exact) mass is 239 g/mol. The van der Waals surface area contributed by atoms with E-state index in [1.807, 2.05) is 13.8 Å². The number of benzene rings is 1. The van der Waals surface area contributed by atoms with Gasteiger partial charge in [-0.15, -0.1) is 0 Å². The van der Waals surface area contributed by atoms with Crippen molar-refractivity contribution in [2.45, 2.75) is 53.6 Å². The maximum atomic E-state index is 11.0. The van der Waals surface area contributed by atoms with Gasteiger partial charge in [0.2, 0.25) is 0 Å². The molecule has 0 radical (unpaired) electrons. The Hall–Kier alpha value is -1.05. The molecule has 1 aliphatic heterocycles. The maximum absolute atomic E-state index is 11.0. The van der Waals surface area contributed by atoms with Crippen LogP contribution >= 0.6 is 0 Å². The van der Waals surface area contributed by atoms with Gasteiger partial charge < -0.3 is 5.32 Å². The Morgan fingerprint density at radius 1 is 1.24 bits per heavy atom. The molecule has 2 rings (SSSR count). The molecule has 1 aromatic carbocycles. The molecule has 98 valence electrons. The number of aryl methyl sites for hydroxylation is 1. The second kappa shape index (κ2) is 9.03. The summed E-state index contributed by atoms with van der Waals surface area (Å²) in [6.07, 6.45) is 1.85. The number of hydrogen-bond donors (Lipinski definition) is 1. The van der Waals surface area contributed by atoms with Gasteiger partial charge in [0.05, 0.1) is 6.17 Å². The SMILES string of the molecule is CC.CC(C)F.Cc1cccc2c1CCCN2. The fourth-order valence-corrected chi connectivity index (χ4v) is 1.69. The zero-order valence-corrected chi connectivity index (χ0v) is 11.8. The van der Waals surface area contributed by atoms with Gasteiger partial charge in [-0.05, 0) is 50.8 Å². The Kier molecular flexibility index (Phi) is 8.47. The predicted molar refractivity (Wildman–Crippen MR) is 75.6 cm³/mol. The van der Waals surface area contributed by atoms with Crippen LogP contribution in [-0.4, -0.2) is 12.7 Å². The minimum atomic E-state index is -0.667. The summed E-state index contributed by atoms with van der Waals surface area (Å²) in [5, 5.41) is 3.40. The van der Waals surface area contributed by atoms with Crippen molar-refractivity contribution in [3.63, 3.8) is 0 Å². The fourth-order valence-electron chi connectivity index (χ4n) is 1.69. The van der Waals surface area contributed by atoms with Gasteiger partial charge in [-0.2, -0.15) is 0 Å². The molecule has 0 saturated carbocycles. The van der Waals surface area contributed by atoms with Gasteiger partial charge in [0.1, 0.15) is 0 Å². The molecule has 0 amide bonds. The topological polar surface area (TPSA) is 12.0 Å². The first-order valence-corrected chi connectivity index (χ1v) is 6.57. The molecule has 1 N–H and O–H groups in total. The van der Waals surface area contributed by atoms with Gasteiger partial charge in [-0.3, -0.25) is 0 Å². The first kappa shape index (κ1) is 16.0. The van der Waals surface area contributed by atoms with E-state index in [1.54, 1.807) is 0 Å². The van der Waals surface area contributed by atoms with E-state index in [4.69, 9.17) is 0 Å². The summed E-state index contributed by atoms with van der Waals surface area (Å²) in [4.78, 5) is 0. The third-order valence-electron chi connectivity index (χ3n) is 2.33. The minimum absolute atomic E-state index is 0.667. The molecule has 0 fully saturated rings. The van der Waals surface area contributed by atoms with Crippen molar-refractivity contribution in [2.75, 3.05) is 11.9 Å². The lowest BCUT2D eigenvalue weighted by molar-refractivity contribution is 0.391. The highest BCUT2D eigenvalue weighted by Gasteiger charge is 2.08. The normalized spacial score (nSPS) is 12.4. The second-order valence-electron chi connectivity index (χ2n) is 4.15. The summed E-state index contributed by atoms with van der Waals surface area (Å²) in [6, 6.07) is 6.47. The summed E-state index contributed by atoms with van der Waals surface area (Å²) in [5.74, 6) is 0. The van der Waals surface area contributed by atoms with Crippen molar-refractivity contribution >= 4 is 5.69 Å². The van der Waals surface area contributed by atoms with Crippen LogP contribution in [0, 0.1) is 6.92 Å². The lowest BCUT2D eigenvalue weighted by Gasteiger charge is -2.19. The van der Waals surface area contributed by atoms with E-state index in [1.165, 1.54) is 43.5 Å². The van der Waals surface area contributed by atoms with Crippen LogP contribution in [0.5, 0.6) is 0 Å². The highest BCUT2D eigenvalue weighted by atomic mass is 19.1. The highest BCUT2D eigenvalue weighted by Crippen LogP contribution is 2.24. The van der Waals surface area contributed by atoms with Crippen LogP contribution in [0.25, 0.3) is 0 Å². The summed E-state index contributed by atoms with van der Waals surface area (Å²) >= 11 is 0. The summed E-state index contributed by atoms with van der Waals surface area (Å²) in [5.41, 5.74) is 4.28. The van der Waals surface area contributed by atoms with Crippen molar-refractivity contribution in [1.29, 1.82) is 0 Å². The lowest BCUT2D eigenvalue weighted by Crippen LogP contribution is -2.12. The van der Waals surface area contributed by atoms with Crippen LogP contribution in [0.4, 0.5) is 10.1 Å². The van der Waals surface area contributed by atoms with E-state index in [9.17, 15) is 4.39 Å². The minimum Gasteiger partial charge on any atom is -0.385 e. The number of anilines is 1. The molecular formula is C15H26FN. The van der Waals surface area contributed by atoms with E-state index >= 15 is 0 Å². The summed E-state index contributed by atoms with van der Waals surface area (Å²) in [7, 11) is 0. The molecule has 1 aliphatic rings. The van der Waals surface area contributed by atoms with Crippen LogP contribution in [-0.2, 0) is 6.42 Å². The number of fused-ring (bicyclic) bond motifs is 1. The Labute approximate surface area is 105 Å². The zero-order chi connectivity index (χ0) is 13.3. The first-order valence-electron chi connectivity index (χ1n) is 6.57. The van der Waals surface area contributed by atoms with Gasteiger partial charge in [-0.1, -0.05) is 26.0 Å². The first-order chi connectivity index (χ1) is 8.11. The third-order valence-corrected chi connectivity index (χ3v) is 2.33. The van der Waals surface area contributed by atoms with Crippen LogP contribution in [0.1, 0.15) is 45.2 Å². The number of hydrogen-bond acceptors (Lipinski definition) is 1. The van der Waals surface area contributed by atoms with Gasteiger partial charge in [-0.25, -0.2) is 4.39 Å². The van der Waals surface area contributed by atoms with E-state index < -0.39 is 6.17 Å². The Balaban J connectivity index is 0.000000368. The molecule has 1 heterocycles. The maximum Gasteiger partial charge on any atom is 0.0945 e. The molecule has 2 heteroatoms. The molecule has 1 nitrogen and oxygen atoms in total. The molecule has 0 bridgehead atoms. The number of nitrogens with one attached hydrogen (secondary N) is 1. The van der Waals surface area contributed by atoms with Crippen LogP contribution < -0.4 is 5.32 Å². The fraction of sp³-hybridized carbons (Fsp3) is 0.600. The second-order valence-corrected chi connectivity index (χ2v) is 4.15. The van der Waals surface area contributed by atoms with Gasteiger partial charge in [0.15, 0.2) is 0 Å². The van der Waals surface area contributed by atoms with Crippen LogP contribution in [0.3, 0.4) is 0 Å². The van der Waals surface area contributed by atoms with Crippen molar-refractivity contribution in [3.05, 3.63) is 29.3 Å². The van der Waals surface area contributed by atoms with E-state index in [-0.39, 0.29) is 0 Å². The summed E-state index contributed by atoms with van der Waals surface area (Å²) in [6.45, 7) is 10.3. The number of halogens is 1. The molecule has 0 saturated heterocycles. The molecule has 1 aromatic rings. The number of alkyl halides is 1. The standard InChI is InChI=1S/C10H13N.C3H7F.C2H6/c1-8-4-2-6-10-9(8)5-3-7-11-10;1-3(2)4;1-2/h2,4,6,11H,3,5,7H2,1H3;3H,1-2H3;1-2H3. The number of rotatable bonds is 0. The average molecular weight is 239 g/mol. The Morgan fingerprint density at radius 2 is 1.82 bits per heavy atom. The third kappa shape index (κ3) is 6.30. The lowest BCUT2D eigenvalue weighted by atomic mass is 9.99. The molecule has 17 heavy (non-hydrogen) atoms. The molecule has 0 aliphatic carbocycles. The zero-order valence-electron chi connectivity index (χ0n) is 11.8. The van der Waals surface area contributed by atoms with Crippen LogP contribution in [0.15, 0.2) is 18.2 Å². The van der Waals surface area contributed by atoms with Crippen LogP contribution in [0.2, 0.25) is 0 Å². The van der Waals surface area contributed by atoms with E-state index in [2.05, 4.69) is 30.4 Å². The van der Waals surface area contributed by atoms with Gasteiger partial charge in [0, 0.05) is 12.2 Å². The van der Waals surface area contributed by atoms with Crippen molar-refractivity contribution in [2.24, 2.45) is 0 Å². The quantitative estimate of drug-likeness (QED) is 0.689. The Bertz CT molecular complexity index is 305. The molecule has 0 aromatic heterocycles. The van der Waals surface area contributed by atoms with Gasteiger partial charge >= 0.3 is 0 Å². The Morgan fingerprint density at radius 3 is 2.35 bits per heavy atom. The van der Waals surface area contributed by atoms with E-state index in [0.29, 0.717) is 0 Å². The molecule has 0 unspecified atom stereocenters.